The molecule has 1 heterocycles. The number of benzene rings is 2. The second-order valence-electron chi connectivity index (χ2n) is 14.2. The van der Waals surface area contributed by atoms with Crippen LogP contribution >= 0.6 is 0 Å². The molecule has 2 atom stereocenters. The van der Waals surface area contributed by atoms with Crippen LogP contribution < -0.4 is 4.57 Å². The predicted molar refractivity (Wildman–Crippen MR) is 196 cm³/mol. The highest BCUT2D eigenvalue weighted by molar-refractivity contribution is 5.30. The minimum absolute atomic E-state index is 0.00979. The monoisotopic (exact) mass is 614 g/mol. The number of imidazole rings is 1. The van der Waals surface area contributed by atoms with E-state index < -0.39 is 0 Å². The summed E-state index contributed by atoms with van der Waals surface area (Å²) in [6.07, 6.45) is 37.2. The second-order valence-corrected chi connectivity index (χ2v) is 14.2. The number of aromatic nitrogens is 2. The SMILES string of the molecule is CCCCCCCCCCCCC(n1cc[n+](CCCCCCCCCCCC)c1)C(C)(Cc1ccccc1)c1ccccc1. The number of hydrogen-bond acceptors (Lipinski definition) is 0. The maximum atomic E-state index is 2.58. The van der Waals surface area contributed by atoms with Gasteiger partial charge < -0.3 is 0 Å². The van der Waals surface area contributed by atoms with Gasteiger partial charge in [-0.25, -0.2) is 9.13 Å². The Kier molecular flexibility index (Phi) is 19.0. The molecule has 2 nitrogen and oxygen atoms in total. The van der Waals surface area contributed by atoms with Crippen LogP contribution in [0.2, 0.25) is 0 Å². The van der Waals surface area contributed by atoms with Crippen molar-refractivity contribution in [3.63, 3.8) is 0 Å². The van der Waals surface area contributed by atoms with Gasteiger partial charge in [0.15, 0.2) is 0 Å². The molecule has 250 valence electrons. The molecule has 0 aliphatic heterocycles. The van der Waals surface area contributed by atoms with Crippen LogP contribution in [0.4, 0.5) is 0 Å². The van der Waals surface area contributed by atoms with E-state index in [1.165, 1.54) is 146 Å². The molecule has 0 amide bonds. The number of hydrogen-bond donors (Lipinski definition) is 0. The van der Waals surface area contributed by atoms with Crippen molar-refractivity contribution in [3.05, 3.63) is 90.5 Å². The van der Waals surface area contributed by atoms with Crippen LogP contribution in [0.25, 0.3) is 0 Å². The molecule has 2 aromatic carbocycles. The smallest absolute Gasteiger partial charge is 0.237 e. The van der Waals surface area contributed by atoms with Gasteiger partial charge >= 0.3 is 0 Å². The van der Waals surface area contributed by atoms with Crippen molar-refractivity contribution in [1.29, 1.82) is 0 Å². The number of nitrogens with zero attached hydrogens (tertiary/aromatic N) is 2. The Hall–Kier alpha value is -2.35. The van der Waals surface area contributed by atoms with Crippen LogP contribution in [0.1, 0.15) is 173 Å². The van der Waals surface area contributed by atoms with Crippen molar-refractivity contribution in [2.45, 2.75) is 180 Å². The summed E-state index contributed by atoms with van der Waals surface area (Å²) >= 11 is 0. The molecule has 2 heteroatoms. The Morgan fingerprint density at radius 2 is 1.04 bits per heavy atom. The first-order valence-corrected chi connectivity index (χ1v) is 19.3. The standard InChI is InChI=1S/C43H69N2/c1-4-6-8-10-12-14-16-18-20-28-34-42(43(3,41-32-26-23-27-33-41)38-40-30-24-22-25-31-40)45-37-36-44(39-45)35-29-21-19-17-15-13-11-9-7-5-2/h22-27,30-33,36-37,39,42H,4-21,28-29,34-35,38H2,1-3H3/q+1. The molecule has 1 aromatic heterocycles. The molecule has 0 saturated heterocycles. The van der Waals surface area contributed by atoms with E-state index in [2.05, 4.69) is 109 Å². The molecule has 3 rings (SSSR count). The minimum Gasteiger partial charge on any atom is -0.237 e. The first-order chi connectivity index (χ1) is 22.2. The average molecular weight is 614 g/mol. The van der Waals surface area contributed by atoms with E-state index in [1.54, 1.807) is 0 Å². The summed E-state index contributed by atoms with van der Waals surface area (Å²) in [4.78, 5) is 0. The van der Waals surface area contributed by atoms with E-state index in [1.807, 2.05) is 0 Å². The van der Waals surface area contributed by atoms with Crippen LogP contribution in [0, 0.1) is 0 Å². The van der Waals surface area contributed by atoms with Gasteiger partial charge in [-0.05, 0) is 43.2 Å². The molecule has 2 unspecified atom stereocenters. The molecule has 0 saturated carbocycles. The summed E-state index contributed by atoms with van der Waals surface area (Å²) in [5.74, 6) is 0. The van der Waals surface area contributed by atoms with E-state index in [4.69, 9.17) is 0 Å². The Bertz CT molecular complexity index is 1090. The molecule has 0 aliphatic rings. The number of unbranched alkanes of at least 4 members (excludes halogenated alkanes) is 18. The normalized spacial score (nSPS) is 13.6. The Labute approximate surface area is 279 Å². The molecule has 0 radical (unpaired) electrons. The average Bonchev–Trinajstić information content (AvgIpc) is 3.53. The molecule has 0 bridgehead atoms. The molecule has 45 heavy (non-hydrogen) atoms. The van der Waals surface area contributed by atoms with Crippen LogP contribution in [0.15, 0.2) is 79.4 Å². The largest absolute Gasteiger partial charge is 0.244 e. The molecule has 0 N–H and O–H groups in total. The lowest BCUT2D eigenvalue weighted by molar-refractivity contribution is -0.697. The van der Waals surface area contributed by atoms with Crippen molar-refractivity contribution in [2.24, 2.45) is 0 Å². The topological polar surface area (TPSA) is 8.81 Å². The highest BCUT2D eigenvalue weighted by Crippen LogP contribution is 2.41. The Balaban J connectivity index is 1.61. The summed E-state index contributed by atoms with van der Waals surface area (Å²) < 4.78 is 5.05. The molecular weight excluding hydrogens is 544 g/mol. The fourth-order valence-electron chi connectivity index (χ4n) is 7.38. The van der Waals surface area contributed by atoms with E-state index in [-0.39, 0.29) is 5.41 Å². The van der Waals surface area contributed by atoms with Crippen LogP contribution in [0.5, 0.6) is 0 Å². The fraction of sp³-hybridized carbons (Fsp3) is 0.651. The highest BCUT2D eigenvalue weighted by atomic mass is 15.1. The zero-order valence-corrected chi connectivity index (χ0v) is 29.7. The van der Waals surface area contributed by atoms with E-state index in [0.29, 0.717) is 6.04 Å². The molecule has 0 fully saturated rings. The van der Waals surface area contributed by atoms with Gasteiger partial charge in [-0.15, -0.1) is 0 Å². The van der Waals surface area contributed by atoms with Crippen molar-refractivity contribution >= 4 is 0 Å². The lowest BCUT2D eigenvalue weighted by Crippen LogP contribution is -2.38. The van der Waals surface area contributed by atoms with Gasteiger partial charge in [0.25, 0.3) is 0 Å². The zero-order valence-electron chi connectivity index (χ0n) is 29.7. The maximum absolute atomic E-state index is 2.58. The van der Waals surface area contributed by atoms with Crippen molar-refractivity contribution in [3.8, 4) is 0 Å². The number of aryl methyl sites for hydroxylation is 1. The summed E-state index contributed by atoms with van der Waals surface area (Å²) in [6, 6.07) is 23.0. The van der Waals surface area contributed by atoms with Gasteiger partial charge in [0.2, 0.25) is 6.33 Å². The van der Waals surface area contributed by atoms with Crippen LogP contribution in [-0.2, 0) is 18.4 Å². The summed E-state index contributed by atoms with van der Waals surface area (Å²) in [5.41, 5.74) is 2.90. The summed E-state index contributed by atoms with van der Waals surface area (Å²) in [5, 5.41) is 0. The van der Waals surface area contributed by atoms with Gasteiger partial charge in [-0.1, -0.05) is 191 Å². The van der Waals surface area contributed by atoms with Gasteiger partial charge in [0.05, 0.1) is 6.54 Å². The summed E-state index contributed by atoms with van der Waals surface area (Å²) in [6.45, 7) is 8.28. The third-order valence-electron chi connectivity index (χ3n) is 10.3. The van der Waals surface area contributed by atoms with E-state index in [0.717, 1.165) is 13.0 Å². The van der Waals surface area contributed by atoms with E-state index >= 15 is 0 Å². The first kappa shape index (κ1) is 37.1. The summed E-state index contributed by atoms with van der Waals surface area (Å²) in [7, 11) is 0. The van der Waals surface area contributed by atoms with E-state index in [9.17, 15) is 0 Å². The maximum Gasteiger partial charge on any atom is 0.244 e. The number of rotatable bonds is 27. The first-order valence-electron chi connectivity index (χ1n) is 19.3. The lowest BCUT2D eigenvalue weighted by atomic mass is 9.70. The van der Waals surface area contributed by atoms with Crippen LogP contribution in [0.3, 0.4) is 0 Å². The quantitative estimate of drug-likeness (QED) is 0.0597. The Morgan fingerprint density at radius 3 is 1.58 bits per heavy atom. The predicted octanol–water partition coefficient (Wildman–Crippen LogP) is 12.7. The van der Waals surface area contributed by atoms with Crippen molar-refractivity contribution in [2.75, 3.05) is 0 Å². The van der Waals surface area contributed by atoms with Crippen molar-refractivity contribution < 1.29 is 4.57 Å². The molecule has 0 aliphatic carbocycles. The second kappa shape index (κ2) is 23.0. The van der Waals surface area contributed by atoms with Gasteiger partial charge in [-0.2, -0.15) is 0 Å². The van der Waals surface area contributed by atoms with Gasteiger partial charge in [0, 0.05) is 5.41 Å². The third-order valence-corrected chi connectivity index (χ3v) is 10.3. The molecular formula is C43H69N2+. The Morgan fingerprint density at radius 1 is 0.578 bits per heavy atom. The minimum atomic E-state index is 0.00979. The van der Waals surface area contributed by atoms with Gasteiger partial charge in [0.1, 0.15) is 18.4 Å². The van der Waals surface area contributed by atoms with Crippen LogP contribution in [-0.4, -0.2) is 4.57 Å². The molecule has 3 aromatic rings. The van der Waals surface area contributed by atoms with Gasteiger partial charge in [-0.3, -0.25) is 0 Å². The van der Waals surface area contributed by atoms with Crippen molar-refractivity contribution in [1.82, 2.24) is 4.57 Å². The lowest BCUT2D eigenvalue weighted by Gasteiger charge is -2.37. The third kappa shape index (κ3) is 14.3. The highest BCUT2D eigenvalue weighted by Gasteiger charge is 2.40. The molecule has 0 spiro atoms. The fourth-order valence-corrected chi connectivity index (χ4v) is 7.38. The zero-order chi connectivity index (χ0) is 31.8.